The summed E-state index contributed by atoms with van der Waals surface area (Å²) < 4.78 is 5.49. The van der Waals surface area contributed by atoms with Gasteiger partial charge < -0.3 is 4.74 Å². The smallest absolute Gasteiger partial charge is 0.302 e. The molecule has 0 amide bonds. The van der Waals surface area contributed by atoms with Crippen LogP contribution < -0.4 is 0 Å². The fraction of sp³-hybridized carbons (Fsp3) is 0.900. The minimum Gasteiger partial charge on any atom is -0.466 e. The maximum absolute atomic E-state index is 11.4. The molecule has 0 aliphatic heterocycles. The number of carbonyl (C=O) groups is 1. The van der Waals surface area contributed by atoms with Crippen LogP contribution in [0.25, 0.3) is 0 Å². The van der Waals surface area contributed by atoms with E-state index in [1.54, 1.807) is 6.92 Å². The first kappa shape index (κ1) is 24.3. The van der Waals surface area contributed by atoms with Crippen molar-refractivity contribution < 1.29 is 9.53 Å². The molecule has 4 rings (SSSR count). The Morgan fingerprint density at radius 3 is 2.22 bits per heavy atom. The van der Waals surface area contributed by atoms with Gasteiger partial charge in [-0.2, -0.15) is 0 Å². The Morgan fingerprint density at radius 1 is 0.875 bits per heavy atom. The third-order valence-electron chi connectivity index (χ3n) is 11.5. The predicted octanol–water partition coefficient (Wildman–Crippen LogP) is 7.92. The molecule has 0 N–H and O–H groups in total. The summed E-state index contributed by atoms with van der Waals surface area (Å²) in [4.78, 5) is 11.4. The molecule has 182 valence electrons. The van der Waals surface area contributed by atoms with Crippen LogP contribution in [0.4, 0.5) is 0 Å². The maximum atomic E-state index is 11.4. The normalized spacial score (nSPS) is 45.4. The van der Waals surface area contributed by atoms with E-state index >= 15 is 0 Å². The fourth-order valence-electron chi connectivity index (χ4n) is 9.36. The maximum Gasteiger partial charge on any atom is 0.302 e. The molecule has 0 spiro atoms. The molecule has 0 aromatic heterocycles. The minimum absolute atomic E-state index is 0.108. The monoisotopic (exact) mass is 442 g/mol. The van der Waals surface area contributed by atoms with Crippen LogP contribution in [-0.4, -0.2) is 12.6 Å². The van der Waals surface area contributed by atoms with Crippen molar-refractivity contribution in [2.75, 3.05) is 6.61 Å². The second-order valence-corrected chi connectivity index (χ2v) is 13.2. The molecule has 0 heterocycles. The molecular formula is C30H50O2. The lowest BCUT2D eigenvalue weighted by atomic mass is 9.47. The number of hydrogen-bond acceptors (Lipinski definition) is 2. The number of hydrogen-bond donors (Lipinski definition) is 0. The van der Waals surface area contributed by atoms with Crippen molar-refractivity contribution in [3.8, 4) is 0 Å². The van der Waals surface area contributed by atoms with E-state index in [1.165, 1.54) is 51.4 Å². The lowest BCUT2D eigenvalue weighted by Gasteiger charge is -2.58. The summed E-state index contributed by atoms with van der Waals surface area (Å²) in [5.74, 6) is 6.98. The lowest BCUT2D eigenvalue weighted by Crippen LogP contribution is -2.51. The first-order chi connectivity index (χ1) is 15.1. The van der Waals surface area contributed by atoms with Gasteiger partial charge in [0.1, 0.15) is 0 Å². The first-order valence-corrected chi connectivity index (χ1v) is 13.9. The minimum atomic E-state index is -0.108. The largest absolute Gasteiger partial charge is 0.466 e. The highest BCUT2D eigenvalue weighted by atomic mass is 16.5. The van der Waals surface area contributed by atoms with Crippen molar-refractivity contribution in [1.82, 2.24) is 0 Å². The van der Waals surface area contributed by atoms with Crippen LogP contribution in [-0.2, 0) is 9.53 Å². The van der Waals surface area contributed by atoms with Gasteiger partial charge in [0.25, 0.3) is 0 Å². The average Bonchev–Trinajstić information content (AvgIpc) is 3.26. The molecule has 4 aliphatic rings. The first-order valence-electron chi connectivity index (χ1n) is 13.9. The summed E-state index contributed by atoms with van der Waals surface area (Å²) in [6.07, 6.45) is 16.2. The highest BCUT2D eigenvalue weighted by Gasteiger charge is 2.62. The van der Waals surface area contributed by atoms with E-state index in [9.17, 15) is 4.79 Å². The fourth-order valence-corrected chi connectivity index (χ4v) is 9.36. The Labute approximate surface area is 198 Å². The van der Waals surface area contributed by atoms with E-state index in [4.69, 9.17) is 4.74 Å². The molecule has 4 saturated carbocycles. The molecule has 0 aromatic rings. The zero-order valence-electron chi connectivity index (χ0n) is 22.0. The quantitative estimate of drug-likeness (QED) is 0.308. The predicted molar refractivity (Wildman–Crippen MR) is 133 cm³/mol. The summed E-state index contributed by atoms with van der Waals surface area (Å²) in [5.41, 5.74) is 1.01. The summed E-state index contributed by atoms with van der Waals surface area (Å²) in [6, 6.07) is 0. The molecule has 10 atom stereocenters. The third kappa shape index (κ3) is 4.11. The highest BCUT2D eigenvalue weighted by molar-refractivity contribution is 5.65. The average molecular weight is 443 g/mol. The number of fused-ring (bicyclic) bond motifs is 5. The van der Waals surface area contributed by atoms with Gasteiger partial charge in [-0.3, -0.25) is 4.79 Å². The number of rotatable bonds is 6. The van der Waals surface area contributed by atoms with Crippen molar-refractivity contribution in [3.05, 3.63) is 12.2 Å². The van der Waals surface area contributed by atoms with E-state index in [0.29, 0.717) is 35.2 Å². The summed E-state index contributed by atoms with van der Waals surface area (Å²) in [6.45, 7) is 17.1. The molecule has 2 heteroatoms. The van der Waals surface area contributed by atoms with E-state index in [2.05, 4.69) is 53.7 Å². The van der Waals surface area contributed by atoms with E-state index < -0.39 is 0 Å². The van der Waals surface area contributed by atoms with Gasteiger partial charge in [0, 0.05) is 6.92 Å². The molecule has 0 saturated heterocycles. The van der Waals surface area contributed by atoms with Crippen molar-refractivity contribution in [2.24, 2.45) is 64.1 Å². The standard InChI is InChI=1S/C30H50O2/c1-19(2)20(3)8-9-21(4)25-12-13-27-24-10-11-26-23(18-32-22(5)31)14-16-30(26,7)28(24)15-17-29(25,27)6/h8-9,19-21,23-28H,10-18H2,1-7H3. The second-order valence-electron chi connectivity index (χ2n) is 13.2. The Hall–Kier alpha value is -0.790. The topological polar surface area (TPSA) is 26.3 Å². The number of carbonyl (C=O) groups excluding carboxylic acids is 1. The van der Waals surface area contributed by atoms with Gasteiger partial charge in [-0.15, -0.1) is 0 Å². The van der Waals surface area contributed by atoms with Gasteiger partial charge >= 0.3 is 5.97 Å². The van der Waals surface area contributed by atoms with Gasteiger partial charge in [0.15, 0.2) is 0 Å². The van der Waals surface area contributed by atoms with Crippen LogP contribution in [0.1, 0.15) is 99.8 Å². The molecule has 4 aliphatic carbocycles. The Balaban J connectivity index is 1.47. The van der Waals surface area contributed by atoms with Gasteiger partial charge in [-0.1, -0.05) is 53.7 Å². The van der Waals surface area contributed by atoms with Crippen LogP contribution in [0.5, 0.6) is 0 Å². The van der Waals surface area contributed by atoms with Gasteiger partial charge in [0.05, 0.1) is 6.61 Å². The molecule has 0 radical (unpaired) electrons. The van der Waals surface area contributed by atoms with Crippen LogP contribution in [0.3, 0.4) is 0 Å². The summed E-state index contributed by atoms with van der Waals surface area (Å²) in [5, 5.41) is 0. The summed E-state index contributed by atoms with van der Waals surface area (Å²) in [7, 11) is 0. The lowest BCUT2D eigenvalue weighted by molar-refractivity contribution is -0.144. The second kappa shape index (κ2) is 9.10. The van der Waals surface area contributed by atoms with Crippen molar-refractivity contribution >= 4 is 5.97 Å². The summed E-state index contributed by atoms with van der Waals surface area (Å²) >= 11 is 0. The molecular weight excluding hydrogens is 392 g/mol. The van der Waals surface area contributed by atoms with E-state index in [1.807, 2.05) is 0 Å². The zero-order chi connectivity index (χ0) is 23.3. The SMILES string of the molecule is CC(=O)OCC1CCC2(C)C1CCC1C3CCC(C(C)C=CC(C)C(C)C)C3(C)CCC12. The zero-order valence-corrected chi connectivity index (χ0v) is 22.0. The number of ether oxygens (including phenoxy) is 1. The van der Waals surface area contributed by atoms with Crippen LogP contribution >= 0.6 is 0 Å². The molecule has 10 unspecified atom stereocenters. The third-order valence-corrected chi connectivity index (χ3v) is 11.5. The van der Waals surface area contributed by atoms with Crippen LogP contribution in [0.15, 0.2) is 12.2 Å². The highest BCUT2D eigenvalue weighted by Crippen LogP contribution is 2.69. The van der Waals surface area contributed by atoms with Gasteiger partial charge in [0.2, 0.25) is 0 Å². The Kier molecular flexibility index (Phi) is 6.92. The molecule has 0 bridgehead atoms. The van der Waals surface area contributed by atoms with Crippen LogP contribution in [0.2, 0.25) is 0 Å². The Bertz CT molecular complexity index is 710. The van der Waals surface area contributed by atoms with E-state index in [-0.39, 0.29) is 5.97 Å². The molecule has 4 fully saturated rings. The van der Waals surface area contributed by atoms with Crippen molar-refractivity contribution in [1.29, 1.82) is 0 Å². The van der Waals surface area contributed by atoms with Gasteiger partial charge in [-0.25, -0.2) is 0 Å². The molecule has 32 heavy (non-hydrogen) atoms. The number of allylic oxidation sites excluding steroid dienone is 2. The molecule has 0 aromatic carbocycles. The molecule has 2 nitrogen and oxygen atoms in total. The van der Waals surface area contributed by atoms with Gasteiger partial charge in [-0.05, 0) is 115 Å². The van der Waals surface area contributed by atoms with Crippen molar-refractivity contribution in [2.45, 2.75) is 99.8 Å². The van der Waals surface area contributed by atoms with Crippen LogP contribution in [0, 0.1) is 64.1 Å². The van der Waals surface area contributed by atoms with E-state index in [0.717, 1.165) is 35.5 Å². The Morgan fingerprint density at radius 2 is 1.53 bits per heavy atom. The van der Waals surface area contributed by atoms with Crippen molar-refractivity contribution in [3.63, 3.8) is 0 Å². The number of esters is 1.